The first-order valence-corrected chi connectivity index (χ1v) is 14.5. The smallest absolute Gasteiger partial charge is 0.347 e. The Bertz CT molecular complexity index is 2090. The van der Waals surface area contributed by atoms with E-state index < -0.39 is 41.2 Å². The molecule has 48 heavy (non-hydrogen) atoms. The van der Waals surface area contributed by atoms with E-state index in [1.54, 1.807) is 36.4 Å². The Morgan fingerprint density at radius 1 is 0.646 bits per heavy atom. The minimum absolute atomic E-state index is 0.00560. The minimum Gasteiger partial charge on any atom is -0.423 e. The largest absolute Gasteiger partial charge is 0.423 e. The lowest BCUT2D eigenvalue weighted by Crippen LogP contribution is -2.25. The van der Waals surface area contributed by atoms with Crippen LogP contribution in [0.25, 0.3) is 0 Å². The molecule has 0 aromatic heterocycles. The van der Waals surface area contributed by atoms with Crippen LogP contribution in [-0.4, -0.2) is 35.8 Å². The van der Waals surface area contributed by atoms with Crippen molar-refractivity contribution < 1.29 is 47.7 Å². The molecule has 4 aromatic rings. The second kappa shape index (κ2) is 12.6. The van der Waals surface area contributed by atoms with Crippen molar-refractivity contribution in [3.05, 3.63) is 166 Å². The number of cyclic esters (lactones) is 4. The molecule has 2 aliphatic heterocycles. The quantitative estimate of drug-likeness (QED) is 0.0786. The van der Waals surface area contributed by atoms with E-state index in [4.69, 9.17) is 9.47 Å². The van der Waals surface area contributed by atoms with Crippen molar-refractivity contribution in [2.75, 3.05) is 0 Å². The number of hydrogen-bond donors (Lipinski definition) is 0. The van der Waals surface area contributed by atoms with Gasteiger partial charge >= 0.3 is 35.8 Å². The van der Waals surface area contributed by atoms with Crippen LogP contribution < -0.4 is 9.47 Å². The van der Waals surface area contributed by atoms with Crippen LogP contribution >= 0.6 is 0 Å². The van der Waals surface area contributed by atoms with Crippen LogP contribution in [0.5, 0.6) is 11.5 Å². The van der Waals surface area contributed by atoms with Crippen molar-refractivity contribution in [3.8, 4) is 11.5 Å². The maximum absolute atomic E-state index is 12.9. The summed E-state index contributed by atoms with van der Waals surface area (Å²) < 4.78 is 20.1. The molecule has 2 heterocycles. The minimum atomic E-state index is -0.952. The van der Waals surface area contributed by atoms with Crippen LogP contribution in [0.3, 0.4) is 0 Å². The van der Waals surface area contributed by atoms with Gasteiger partial charge in [-0.2, -0.15) is 0 Å². The van der Waals surface area contributed by atoms with Gasteiger partial charge in [-0.3, -0.25) is 0 Å². The molecule has 0 radical (unpaired) electrons. The molecule has 6 rings (SSSR count). The van der Waals surface area contributed by atoms with E-state index in [1.165, 1.54) is 30.4 Å². The lowest BCUT2D eigenvalue weighted by Gasteiger charge is -2.32. The maximum Gasteiger partial charge on any atom is 0.347 e. The van der Waals surface area contributed by atoms with Gasteiger partial charge < -0.3 is 18.9 Å². The second-order valence-electron chi connectivity index (χ2n) is 10.8. The molecule has 0 amide bonds. The summed E-state index contributed by atoms with van der Waals surface area (Å²) in [5.74, 6) is -4.53. The Hall–Kier alpha value is -6.68. The van der Waals surface area contributed by atoms with Gasteiger partial charge in [0.1, 0.15) is 11.5 Å². The third kappa shape index (κ3) is 5.85. The number of allylic oxidation sites excluding steroid dienone is 2. The normalized spacial score (nSPS) is 16.6. The van der Waals surface area contributed by atoms with Crippen LogP contribution in [-0.2, 0) is 29.3 Å². The van der Waals surface area contributed by atoms with Crippen LogP contribution in [0.15, 0.2) is 133 Å². The number of carbonyl (C=O) groups excluding carboxylic acids is 6. The SMILES string of the molecule is C=C/C=C1/C(=O)OC(=O)/C1=C/C(=O)Oc1ccc(C(C)(c2ccccc2)c2ccc(OC(=O)c3ccc4c(c3)C(=O)OC4=O)cc2)cc1. The molecule has 0 bridgehead atoms. The fourth-order valence-corrected chi connectivity index (χ4v) is 5.45. The number of esters is 6. The van der Waals surface area contributed by atoms with Crippen LogP contribution in [0.4, 0.5) is 0 Å². The zero-order valence-corrected chi connectivity index (χ0v) is 25.3. The summed E-state index contributed by atoms with van der Waals surface area (Å²) in [4.78, 5) is 73.0. The maximum atomic E-state index is 12.9. The Morgan fingerprint density at radius 3 is 1.81 bits per heavy atom. The van der Waals surface area contributed by atoms with Crippen LogP contribution in [0, 0.1) is 0 Å². The van der Waals surface area contributed by atoms with Crippen molar-refractivity contribution >= 4 is 35.8 Å². The molecule has 1 fully saturated rings. The summed E-state index contributed by atoms with van der Waals surface area (Å²) >= 11 is 0. The highest BCUT2D eigenvalue weighted by molar-refractivity contribution is 6.20. The molecule has 4 aromatic carbocycles. The van der Waals surface area contributed by atoms with Gasteiger partial charge in [-0.05, 0) is 72.2 Å². The molecule has 1 atom stereocenters. The monoisotopic (exact) mass is 640 g/mol. The van der Waals surface area contributed by atoms with Crippen molar-refractivity contribution in [2.24, 2.45) is 0 Å². The molecule has 0 saturated carbocycles. The molecule has 236 valence electrons. The van der Waals surface area contributed by atoms with Gasteiger partial charge in [-0.1, -0.05) is 67.3 Å². The molecule has 1 saturated heterocycles. The van der Waals surface area contributed by atoms with Gasteiger partial charge in [0.25, 0.3) is 0 Å². The van der Waals surface area contributed by atoms with Crippen molar-refractivity contribution in [3.63, 3.8) is 0 Å². The van der Waals surface area contributed by atoms with Crippen molar-refractivity contribution in [2.45, 2.75) is 12.3 Å². The Morgan fingerprint density at radius 2 is 1.19 bits per heavy atom. The molecule has 10 nitrogen and oxygen atoms in total. The summed E-state index contributed by atoms with van der Waals surface area (Å²) in [5, 5.41) is 0. The Labute approximate surface area is 273 Å². The number of rotatable bonds is 8. The third-order valence-electron chi connectivity index (χ3n) is 7.99. The van der Waals surface area contributed by atoms with E-state index in [2.05, 4.69) is 16.1 Å². The van der Waals surface area contributed by atoms with E-state index in [0.717, 1.165) is 22.8 Å². The standard InChI is InChI=1S/C38H24O10/c1-3-7-28-31(37(44)47-34(28)41)21-32(39)45-26-15-11-24(12-16-26)38(2,23-8-5-4-6-9-23)25-13-17-27(18-14-25)46-33(40)22-10-19-29-30(20-22)36(43)48-35(29)42/h3-21H,1H2,2H3/b28-7+,31-21+. The first kappa shape index (κ1) is 31.3. The van der Waals surface area contributed by atoms with E-state index in [9.17, 15) is 28.8 Å². The summed E-state index contributed by atoms with van der Waals surface area (Å²) in [5.41, 5.74) is 1.81. The highest BCUT2D eigenvalue weighted by Gasteiger charge is 2.35. The van der Waals surface area contributed by atoms with Gasteiger partial charge in [0.05, 0.1) is 27.8 Å². The van der Waals surface area contributed by atoms with Gasteiger partial charge in [0.2, 0.25) is 0 Å². The highest BCUT2D eigenvalue weighted by Crippen LogP contribution is 2.40. The predicted octanol–water partition coefficient (Wildman–Crippen LogP) is 5.60. The first-order chi connectivity index (χ1) is 23.1. The van der Waals surface area contributed by atoms with Gasteiger partial charge in [-0.25, -0.2) is 28.8 Å². The number of carbonyl (C=O) groups is 6. The predicted molar refractivity (Wildman–Crippen MR) is 169 cm³/mol. The average molecular weight is 641 g/mol. The summed E-state index contributed by atoms with van der Waals surface area (Å²) in [7, 11) is 0. The molecular weight excluding hydrogens is 616 g/mol. The lowest BCUT2D eigenvalue weighted by molar-refractivity contribution is -0.150. The Kier molecular flexibility index (Phi) is 8.22. The van der Waals surface area contributed by atoms with Crippen LogP contribution in [0.1, 0.15) is 54.7 Å². The fourth-order valence-electron chi connectivity index (χ4n) is 5.45. The van der Waals surface area contributed by atoms with Gasteiger partial charge in [0.15, 0.2) is 0 Å². The molecule has 10 heteroatoms. The number of ether oxygens (including phenoxy) is 4. The number of benzene rings is 4. The topological polar surface area (TPSA) is 139 Å². The Balaban J connectivity index is 1.23. The average Bonchev–Trinajstić information content (AvgIpc) is 3.53. The summed E-state index contributed by atoms with van der Waals surface area (Å²) in [6.07, 6.45) is 3.48. The van der Waals surface area contributed by atoms with Gasteiger partial charge in [0, 0.05) is 11.5 Å². The summed E-state index contributed by atoms with van der Waals surface area (Å²) in [6, 6.07) is 27.5. The first-order valence-electron chi connectivity index (χ1n) is 14.5. The molecular formula is C38H24O10. The van der Waals surface area contributed by atoms with Gasteiger partial charge in [-0.15, -0.1) is 0 Å². The van der Waals surface area contributed by atoms with Crippen molar-refractivity contribution in [1.82, 2.24) is 0 Å². The zero-order chi connectivity index (χ0) is 34.0. The van der Waals surface area contributed by atoms with Crippen molar-refractivity contribution in [1.29, 1.82) is 0 Å². The zero-order valence-electron chi connectivity index (χ0n) is 25.3. The molecule has 0 N–H and O–H groups in total. The number of hydrogen-bond acceptors (Lipinski definition) is 10. The molecule has 0 spiro atoms. The second-order valence-corrected chi connectivity index (χ2v) is 10.8. The van der Waals surface area contributed by atoms with E-state index >= 15 is 0 Å². The van der Waals surface area contributed by atoms with E-state index in [-0.39, 0.29) is 39.3 Å². The summed E-state index contributed by atoms with van der Waals surface area (Å²) in [6.45, 7) is 5.52. The van der Waals surface area contributed by atoms with E-state index in [1.807, 2.05) is 49.4 Å². The lowest BCUT2D eigenvalue weighted by atomic mass is 9.71. The molecule has 2 aliphatic rings. The molecule has 1 unspecified atom stereocenters. The van der Waals surface area contributed by atoms with Crippen LogP contribution in [0.2, 0.25) is 0 Å². The highest BCUT2D eigenvalue weighted by atomic mass is 16.6. The molecule has 0 aliphatic carbocycles. The third-order valence-corrected chi connectivity index (χ3v) is 7.99. The fraction of sp³-hybridized carbons (Fsp3) is 0.0526. The number of fused-ring (bicyclic) bond motifs is 1. The van der Waals surface area contributed by atoms with E-state index in [0.29, 0.717) is 0 Å².